The van der Waals surface area contributed by atoms with Crippen molar-refractivity contribution in [3.63, 3.8) is 0 Å². The Hall–Kier alpha value is -2.37. The quantitative estimate of drug-likeness (QED) is 0.750. The van der Waals surface area contributed by atoms with Gasteiger partial charge in [-0.3, -0.25) is 4.68 Å². The molecule has 0 bridgehead atoms. The Morgan fingerprint density at radius 3 is 3.06 bits per heavy atom. The molecule has 0 fully saturated rings. The summed E-state index contributed by atoms with van der Waals surface area (Å²) in [5.74, 6) is 0.854. The molecule has 0 atom stereocenters. The minimum atomic E-state index is 0.790. The summed E-state index contributed by atoms with van der Waals surface area (Å²) in [6.45, 7) is 3.64. The molecule has 0 aliphatic rings. The molecule has 0 spiro atoms. The van der Waals surface area contributed by atoms with Crippen LogP contribution in [0.4, 0.5) is 5.82 Å². The van der Waals surface area contributed by atoms with Gasteiger partial charge in [-0.05, 0) is 18.6 Å². The van der Waals surface area contributed by atoms with Crippen molar-refractivity contribution in [3.8, 4) is 0 Å². The van der Waals surface area contributed by atoms with Crippen LogP contribution in [0.1, 0.15) is 5.56 Å². The minimum absolute atomic E-state index is 0.790. The minimum Gasteiger partial charge on any atom is -0.368 e. The predicted octanol–water partition coefficient (Wildman–Crippen LogP) is 1.35. The number of aromatic nitrogens is 5. The van der Waals surface area contributed by atoms with Crippen molar-refractivity contribution in [2.75, 3.05) is 11.9 Å². The van der Waals surface area contributed by atoms with E-state index in [1.807, 2.05) is 42.3 Å². The fraction of sp³-hybridized carbons (Fsp3) is 0.250. The van der Waals surface area contributed by atoms with Gasteiger partial charge in [0.25, 0.3) is 0 Å². The molecule has 0 aliphatic heterocycles. The normalized spacial score (nSPS) is 10.9. The summed E-state index contributed by atoms with van der Waals surface area (Å²) >= 11 is 0. The number of aryl methyl sites for hydroxylation is 1. The number of hydrogen-bond donors (Lipinski definition) is 1. The summed E-state index contributed by atoms with van der Waals surface area (Å²) in [5.41, 5.74) is 2.02. The molecule has 6 heteroatoms. The van der Waals surface area contributed by atoms with Crippen LogP contribution in [0.15, 0.2) is 36.9 Å². The Morgan fingerprint density at radius 1 is 1.28 bits per heavy atom. The largest absolute Gasteiger partial charge is 0.368 e. The number of hydrogen-bond acceptors (Lipinski definition) is 4. The molecule has 6 nitrogen and oxygen atoms in total. The summed E-state index contributed by atoms with van der Waals surface area (Å²) < 4.78 is 3.65. The van der Waals surface area contributed by atoms with Crippen LogP contribution in [0.5, 0.6) is 0 Å². The van der Waals surface area contributed by atoms with Gasteiger partial charge in [-0.25, -0.2) is 9.50 Å². The molecule has 3 heterocycles. The zero-order valence-electron chi connectivity index (χ0n) is 10.1. The first kappa shape index (κ1) is 10.8. The Bertz CT molecular complexity index is 653. The van der Waals surface area contributed by atoms with Crippen molar-refractivity contribution in [2.24, 2.45) is 0 Å². The highest BCUT2D eigenvalue weighted by Gasteiger charge is 1.98. The highest BCUT2D eigenvalue weighted by Crippen LogP contribution is 2.05. The smallest absolute Gasteiger partial charge is 0.157 e. The topological polar surface area (TPSA) is 60.0 Å². The van der Waals surface area contributed by atoms with E-state index < -0.39 is 0 Å². The van der Waals surface area contributed by atoms with Crippen molar-refractivity contribution in [1.29, 1.82) is 0 Å². The van der Waals surface area contributed by atoms with Gasteiger partial charge in [-0.2, -0.15) is 10.2 Å². The maximum atomic E-state index is 4.43. The van der Waals surface area contributed by atoms with Crippen LogP contribution < -0.4 is 5.32 Å². The molecule has 3 aromatic rings. The summed E-state index contributed by atoms with van der Waals surface area (Å²) in [7, 11) is 0. The van der Waals surface area contributed by atoms with E-state index in [0.29, 0.717) is 0 Å². The van der Waals surface area contributed by atoms with Crippen molar-refractivity contribution < 1.29 is 0 Å². The van der Waals surface area contributed by atoms with E-state index in [9.17, 15) is 0 Å². The van der Waals surface area contributed by atoms with Crippen molar-refractivity contribution in [2.45, 2.75) is 13.5 Å². The molecule has 0 radical (unpaired) electrons. The Kier molecular flexibility index (Phi) is 2.68. The number of nitrogens with one attached hydrogen (secondary N) is 1. The van der Waals surface area contributed by atoms with Crippen LogP contribution in [0.3, 0.4) is 0 Å². The average Bonchev–Trinajstić information content (AvgIpc) is 2.97. The molecule has 0 saturated heterocycles. The fourth-order valence-electron chi connectivity index (χ4n) is 1.80. The van der Waals surface area contributed by atoms with Gasteiger partial charge in [0.1, 0.15) is 5.82 Å². The first-order valence-corrected chi connectivity index (χ1v) is 5.84. The van der Waals surface area contributed by atoms with E-state index in [1.165, 1.54) is 5.56 Å². The third kappa shape index (κ3) is 2.17. The second-order valence-corrected chi connectivity index (χ2v) is 4.15. The maximum absolute atomic E-state index is 4.43. The Balaban J connectivity index is 1.62. The first-order chi connectivity index (χ1) is 8.81. The number of nitrogens with zero attached hydrogens (tertiary/aromatic N) is 5. The summed E-state index contributed by atoms with van der Waals surface area (Å²) in [6, 6.07) is 3.79. The summed E-state index contributed by atoms with van der Waals surface area (Å²) in [5, 5.41) is 11.6. The standard InChI is InChI=1S/C12H14N6/c1-10-8-15-17(9-10)7-5-13-11-3-6-18-12(16-11)2-4-14-18/h2-4,6,8-9H,5,7H2,1H3,(H,13,16). The third-order valence-corrected chi connectivity index (χ3v) is 2.67. The van der Waals surface area contributed by atoms with Gasteiger partial charge in [0.2, 0.25) is 0 Å². The SMILES string of the molecule is Cc1cnn(CCNc2ccn3nccc3n2)c1. The van der Waals surface area contributed by atoms with Gasteiger partial charge < -0.3 is 5.32 Å². The Morgan fingerprint density at radius 2 is 2.22 bits per heavy atom. The van der Waals surface area contributed by atoms with Gasteiger partial charge >= 0.3 is 0 Å². The van der Waals surface area contributed by atoms with Crippen molar-refractivity contribution >= 4 is 11.5 Å². The third-order valence-electron chi connectivity index (χ3n) is 2.67. The molecule has 3 aromatic heterocycles. The number of anilines is 1. The van der Waals surface area contributed by atoms with Crippen molar-refractivity contribution in [1.82, 2.24) is 24.4 Å². The second kappa shape index (κ2) is 4.48. The highest BCUT2D eigenvalue weighted by molar-refractivity contribution is 5.45. The summed E-state index contributed by atoms with van der Waals surface area (Å²) in [6.07, 6.45) is 7.51. The molecule has 0 aromatic carbocycles. The van der Waals surface area contributed by atoms with Crippen molar-refractivity contribution in [3.05, 3.63) is 42.5 Å². The monoisotopic (exact) mass is 242 g/mol. The molecule has 3 rings (SSSR count). The lowest BCUT2D eigenvalue weighted by Gasteiger charge is -2.05. The molecule has 18 heavy (non-hydrogen) atoms. The first-order valence-electron chi connectivity index (χ1n) is 5.84. The zero-order valence-corrected chi connectivity index (χ0v) is 10.1. The van der Waals surface area contributed by atoms with Crippen LogP contribution in [-0.4, -0.2) is 30.9 Å². The van der Waals surface area contributed by atoms with E-state index in [1.54, 1.807) is 10.7 Å². The van der Waals surface area contributed by atoms with E-state index in [4.69, 9.17) is 0 Å². The number of rotatable bonds is 4. The lowest BCUT2D eigenvalue weighted by Crippen LogP contribution is -2.11. The lowest BCUT2D eigenvalue weighted by atomic mass is 10.4. The zero-order chi connectivity index (χ0) is 12.4. The average molecular weight is 242 g/mol. The van der Waals surface area contributed by atoms with Gasteiger partial charge in [-0.1, -0.05) is 0 Å². The maximum Gasteiger partial charge on any atom is 0.157 e. The van der Waals surface area contributed by atoms with Gasteiger partial charge in [0.05, 0.1) is 18.9 Å². The molecule has 0 amide bonds. The molecule has 0 aliphatic carbocycles. The van der Waals surface area contributed by atoms with Crippen LogP contribution in [0.2, 0.25) is 0 Å². The molecule has 1 N–H and O–H groups in total. The van der Waals surface area contributed by atoms with Gasteiger partial charge in [-0.15, -0.1) is 0 Å². The summed E-state index contributed by atoms with van der Waals surface area (Å²) in [4.78, 5) is 4.43. The number of fused-ring (bicyclic) bond motifs is 1. The Labute approximate surface area is 104 Å². The second-order valence-electron chi connectivity index (χ2n) is 4.15. The highest BCUT2D eigenvalue weighted by atomic mass is 15.3. The van der Waals surface area contributed by atoms with E-state index >= 15 is 0 Å². The van der Waals surface area contributed by atoms with Gasteiger partial charge in [0, 0.05) is 25.0 Å². The molecular weight excluding hydrogens is 228 g/mol. The molecule has 0 unspecified atom stereocenters. The molecule has 0 saturated carbocycles. The van der Waals surface area contributed by atoms with Crippen LogP contribution in [0, 0.1) is 6.92 Å². The lowest BCUT2D eigenvalue weighted by molar-refractivity contribution is 0.636. The molecular formula is C12H14N6. The van der Waals surface area contributed by atoms with Crippen LogP contribution in [-0.2, 0) is 6.54 Å². The molecule has 92 valence electrons. The van der Waals surface area contributed by atoms with Crippen LogP contribution in [0.25, 0.3) is 5.65 Å². The van der Waals surface area contributed by atoms with Crippen LogP contribution >= 0.6 is 0 Å². The predicted molar refractivity (Wildman–Crippen MR) is 68.4 cm³/mol. The van der Waals surface area contributed by atoms with E-state index in [-0.39, 0.29) is 0 Å². The van der Waals surface area contributed by atoms with E-state index in [0.717, 1.165) is 24.6 Å². The fourth-order valence-corrected chi connectivity index (χ4v) is 1.80. The van der Waals surface area contributed by atoms with E-state index in [2.05, 4.69) is 20.5 Å². The van der Waals surface area contributed by atoms with Gasteiger partial charge in [0.15, 0.2) is 5.65 Å².